The average molecular weight is 296 g/mol. The van der Waals surface area contributed by atoms with E-state index in [0.29, 0.717) is 26.1 Å². The Hall–Kier alpha value is -1.34. The van der Waals surface area contributed by atoms with Crippen LogP contribution in [0.15, 0.2) is 5.16 Å². The predicted octanol–water partition coefficient (Wildman–Crippen LogP) is -0.164. The Morgan fingerprint density at radius 3 is 2.33 bits per heavy atom. The molecule has 2 heterocycles. The van der Waals surface area contributed by atoms with Crippen molar-refractivity contribution in [3.8, 4) is 0 Å². The van der Waals surface area contributed by atoms with Gasteiger partial charge in [0, 0.05) is 45.4 Å². The quantitative estimate of drug-likeness (QED) is 0.327. The number of rotatable bonds is 3. The van der Waals surface area contributed by atoms with Gasteiger partial charge < -0.3 is 20.6 Å². The first-order valence-corrected chi connectivity index (χ1v) is 7.76. The SMILES string of the molecule is NC(=NO)C1(C(=O)N2CCN(C3CC3)CC2)CCOCC1. The van der Waals surface area contributed by atoms with Crippen LogP contribution in [0.1, 0.15) is 25.7 Å². The van der Waals surface area contributed by atoms with Gasteiger partial charge in [0.1, 0.15) is 5.41 Å². The summed E-state index contributed by atoms with van der Waals surface area (Å²) in [5, 5.41) is 12.2. The monoisotopic (exact) mass is 296 g/mol. The van der Waals surface area contributed by atoms with Crippen molar-refractivity contribution in [2.75, 3.05) is 39.4 Å². The highest BCUT2D eigenvalue weighted by Crippen LogP contribution is 2.34. The van der Waals surface area contributed by atoms with Gasteiger partial charge in [-0.15, -0.1) is 0 Å². The lowest BCUT2D eigenvalue weighted by atomic mass is 9.77. The minimum atomic E-state index is -0.880. The molecule has 0 bridgehead atoms. The maximum Gasteiger partial charge on any atom is 0.236 e. The van der Waals surface area contributed by atoms with Gasteiger partial charge in [0.15, 0.2) is 5.84 Å². The molecule has 3 N–H and O–H groups in total. The number of ether oxygens (including phenoxy) is 1. The number of amidine groups is 1. The van der Waals surface area contributed by atoms with Crippen LogP contribution in [0.4, 0.5) is 0 Å². The smallest absolute Gasteiger partial charge is 0.236 e. The molecule has 21 heavy (non-hydrogen) atoms. The molecule has 2 saturated heterocycles. The third kappa shape index (κ3) is 2.72. The van der Waals surface area contributed by atoms with Gasteiger partial charge in [-0.3, -0.25) is 9.69 Å². The molecule has 7 nitrogen and oxygen atoms in total. The zero-order valence-corrected chi connectivity index (χ0v) is 12.3. The fraction of sp³-hybridized carbons (Fsp3) is 0.857. The molecule has 0 atom stereocenters. The van der Waals surface area contributed by atoms with Gasteiger partial charge >= 0.3 is 0 Å². The second-order valence-electron chi connectivity index (χ2n) is 6.24. The van der Waals surface area contributed by atoms with Gasteiger partial charge in [-0.05, 0) is 25.7 Å². The van der Waals surface area contributed by atoms with Crippen molar-refractivity contribution in [3.63, 3.8) is 0 Å². The Kier molecular flexibility index (Phi) is 4.03. The molecule has 0 radical (unpaired) electrons. The minimum Gasteiger partial charge on any atom is -0.409 e. The van der Waals surface area contributed by atoms with Crippen LogP contribution in [-0.4, -0.2) is 72.2 Å². The molecule has 2 aliphatic heterocycles. The Labute approximate surface area is 124 Å². The highest BCUT2D eigenvalue weighted by molar-refractivity contribution is 6.06. The second kappa shape index (κ2) is 5.81. The van der Waals surface area contributed by atoms with Crippen molar-refractivity contribution >= 4 is 11.7 Å². The summed E-state index contributed by atoms with van der Waals surface area (Å²) in [4.78, 5) is 17.3. The molecule has 0 aromatic carbocycles. The molecular weight excluding hydrogens is 272 g/mol. The molecule has 3 aliphatic rings. The highest BCUT2D eigenvalue weighted by atomic mass is 16.5. The van der Waals surface area contributed by atoms with Crippen LogP contribution < -0.4 is 5.73 Å². The molecule has 0 spiro atoms. The Morgan fingerprint density at radius 1 is 1.19 bits per heavy atom. The van der Waals surface area contributed by atoms with Crippen LogP contribution in [0.3, 0.4) is 0 Å². The highest BCUT2D eigenvalue weighted by Gasteiger charge is 2.47. The number of carbonyl (C=O) groups excluding carboxylic acids is 1. The summed E-state index contributed by atoms with van der Waals surface area (Å²) in [5.41, 5.74) is 4.98. The number of hydrogen-bond acceptors (Lipinski definition) is 5. The molecule has 118 valence electrons. The summed E-state index contributed by atoms with van der Waals surface area (Å²) in [6.07, 6.45) is 3.56. The Morgan fingerprint density at radius 2 is 1.81 bits per heavy atom. The van der Waals surface area contributed by atoms with E-state index in [1.807, 2.05) is 4.90 Å². The number of oxime groups is 1. The van der Waals surface area contributed by atoms with Crippen molar-refractivity contribution in [2.45, 2.75) is 31.7 Å². The van der Waals surface area contributed by atoms with E-state index < -0.39 is 5.41 Å². The second-order valence-corrected chi connectivity index (χ2v) is 6.24. The van der Waals surface area contributed by atoms with Crippen LogP contribution >= 0.6 is 0 Å². The van der Waals surface area contributed by atoms with E-state index in [9.17, 15) is 4.79 Å². The lowest BCUT2D eigenvalue weighted by molar-refractivity contribution is -0.144. The molecule has 1 aliphatic carbocycles. The van der Waals surface area contributed by atoms with Gasteiger partial charge in [-0.2, -0.15) is 0 Å². The zero-order valence-electron chi connectivity index (χ0n) is 12.3. The number of hydrogen-bond donors (Lipinski definition) is 2. The number of carbonyl (C=O) groups is 1. The molecule has 0 aromatic heterocycles. The van der Waals surface area contributed by atoms with Gasteiger partial charge in [0.05, 0.1) is 0 Å². The first kappa shape index (κ1) is 14.6. The van der Waals surface area contributed by atoms with E-state index in [4.69, 9.17) is 15.7 Å². The van der Waals surface area contributed by atoms with E-state index in [1.54, 1.807) is 0 Å². The van der Waals surface area contributed by atoms with E-state index in [2.05, 4.69) is 10.1 Å². The van der Waals surface area contributed by atoms with E-state index in [-0.39, 0.29) is 11.7 Å². The third-order valence-electron chi connectivity index (χ3n) is 5.02. The van der Waals surface area contributed by atoms with Gasteiger partial charge in [0.2, 0.25) is 5.91 Å². The Balaban J connectivity index is 1.69. The standard InChI is InChI=1S/C14H24N4O3/c15-12(16-20)14(3-9-21-10-4-14)13(19)18-7-5-17(6-8-18)11-1-2-11/h11,20H,1-10H2,(H2,15,16). The van der Waals surface area contributed by atoms with E-state index in [0.717, 1.165) is 32.2 Å². The number of nitrogens with two attached hydrogens (primary N) is 1. The summed E-state index contributed by atoms with van der Waals surface area (Å²) in [6, 6.07) is 0.739. The van der Waals surface area contributed by atoms with Gasteiger partial charge in [-0.1, -0.05) is 5.16 Å². The maximum absolute atomic E-state index is 12.9. The summed E-state index contributed by atoms with van der Waals surface area (Å²) >= 11 is 0. The molecule has 3 rings (SSSR count). The number of nitrogens with zero attached hydrogens (tertiary/aromatic N) is 3. The summed E-state index contributed by atoms with van der Waals surface area (Å²) in [6.45, 7) is 4.28. The molecule has 0 unspecified atom stereocenters. The van der Waals surface area contributed by atoms with Crippen LogP contribution in [0.5, 0.6) is 0 Å². The van der Waals surface area contributed by atoms with Gasteiger partial charge in [-0.25, -0.2) is 0 Å². The molecular formula is C14H24N4O3. The molecule has 3 fully saturated rings. The van der Waals surface area contributed by atoms with Crippen LogP contribution in [0.25, 0.3) is 0 Å². The summed E-state index contributed by atoms with van der Waals surface area (Å²) in [7, 11) is 0. The molecule has 0 aromatic rings. The molecule has 7 heteroatoms. The van der Waals surface area contributed by atoms with E-state index >= 15 is 0 Å². The zero-order chi connectivity index (χ0) is 14.9. The first-order chi connectivity index (χ1) is 10.2. The topological polar surface area (TPSA) is 91.4 Å². The predicted molar refractivity (Wildman–Crippen MR) is 77.1 cm³/mol. The van der Waals surface area contributed by atoms with Crippen molar-refractivity contribution in [1.29, 1.82) is 0 Å². The van der Waals surface area contributed by atoms with Crippen molar-refractivity contribution in [2.24, 2.45) is 16.3 Å². The lowest BCUT2D eigenvalue weighted by Gasteiger charge is -2.42. The first-order valence-electron chi connectivity index (χ1n) is 7.76. The fourth-order valence-corrected chi connectivity index (χ4v) is 3.43. The molecule has 1 saturated carbocycles. The van der Waals surface area contributed by atoms with Crippen LogP contribution in [0.2, 0.25) is 0 Å². The Bertz CT molecular complexity index is 422. The van der Waals surface area contributed by atoms with Crippen LogP contribution in [-0.2, 0) is 9.53 Å². The van der Waals surface area contributed by atoms with Crippen molar-refractivity contribution < 1.29 is 14.7 Å². The van der Waals surface area contributed by atoms with E-state index in [1.165, 1.54) is 12.8 Å². The average Bonchev–Trinajstić information content (AvgIpc) is 3.39. The van der Waals surface area contributed by atoms with Gasteiger partial charge in [0.25, 0.3) is 0 Å². The maximum atomic E-state index is 12.9. The largest absolute Gasteiger partial charge is 0.409 e. The summed E-state index contributed by atoms with van der Waals surface area (Å²) < 4.78 is 5.34. The minimum absolute atomic E-state index is 0.00320. The lowest BCUT2D eigenvalue weighted by Crippen LogP contribution is -2.58. The van der Waals surface area contributed by atoms with Crippen molar-refractivity contribution in [1.82, 2.24) is 9.80 Å². The fourth-order valence-electron chi connectivity index (χ4n) is 3.43. The summed E-state index contributed by atoms with van der Waals surface area (Å²) in [5.74, 6) is 0.0250. The number of piperazine rings is 1. The van der Waals surface area contributed by atoms with Crippen LogP contribution in [0, 0.1) is 5.41 Å². The molecule has 1 amide bonds. The normalized spacial score (nSPS) is 27.6. The third-order valence-corrected chi connectivity index (χ3v) is 5.02. The van der Waals surface area contributed by atoms with Crippen molar-refractivity contribution in [3.05, 3.63) is 0 Å². The number of amides is 1.